The minimum absolute atomic E-state index is 0.170. The van der Waals surface area contributed by atoms with E-state index in [9.17, 15) is 9.59 Å². The second kappa shape index (κ2) is 7.25. The first-order chi connectivity index (χ1) is 10.8. The third kappa shape index (κ3) is 3.80. The Hall–Kier alpha value is -1.69. The molecule has 0 saturated carbocycles. The number of fused-ring (bicyclic) bond motifs is 1. The molecule has 0 amide bonds. The van der Waals surface area contributed by atoms with Gasteiger partial charge in [-0.25, -0.2) is 9.78 Å². The van der Waals surface area contributed by atoms with Gasteiger partial charge >= 0.3 is 5.97 Å². The average Bonchev–Trinajstić information content (AvgIpc) is 2.89. The molecule has 2 aromatic rings. The van der Waals surface area contributed by atoms with Crippen LogP contribution in [0.2, 0.25) is 0 Å². The van der Waals surface area contributed by atoms with Gasteiger partial charge in [0.15, 0.2) is 0 Å². The van der Waals surface area contributed by atoms with E-state index in [2.05, 4.69) is 18.8 Å². The van der Waals surface area contributed by atoms with Crippen molar-refractivity contribution in [3.8, 4) is 0 Å². The fourth-order valence-corrected chi connectivity index (χ4v) is 3.40. The van der Waals surface area contributed by atoms with Crippen LogP contribution in [0.5, 0.6) is 0 Å². The van der Waals surface area contributed by atoms with Crippen molar-refractivity contribution < 1.29 is 9.53 Å². The highest BCUT2D eigenvalue weighted by molar-refractivity contribution is 7.18. The zero-order chi connectivity index (χ0) is 17.1. The second-order valence-corrected chi connectivity index (χ2v) is 7.26. The summed E-state index contributed by atoms with van der Waals surface area (Å²) in [5, 5.41) is 0.583. The van der Waals surface area contributed by atoms with Crippen LogP contribution >= 0.6 is 11.3 Å². The molecule has 0 spiro atoms. The molecule has 0 fully saturated rings. The molecule has 126 valence electrons. The second-order valence-electron chi connectivity index (χ2n) is 6.15. The minimum Gasteiger partial charge on any atom is -0.464 e. The van der Waals surface area contributed by atoms with Crippen LogP contribution in [0.3, 0.4) is 0 Å². The third-order valence-corrected chi connectivity index (χ3v) is 5.01. The Bertz CT molecular complexity index is 761. The Morgan fingerprint density at radius 3 is 2.70 bits per heavy atom. The maximum atomic E-state index is 12.7. The lowest BCUT2D eigenvalue weighted by atomic mass is 10.1. The summed E-state index contributed by atoms with van der Waals surface area (Å²) >= 11 is 1.53. The standard InChI is InChI=1S/C17H24N2O3S/c1-6-13-9-14-15(23-13)18-12(5)19(16(14)20)11(4)17(21)22-8-7-10(2)3/h9-11H,6-8H2,1-5H3. The lowest BCUT2D eigenvalue weighted by Gasteiger charge is -2.17. The van der Waals surface area contributed by atoms with Crippen LogP contribution in [0.25, 0.3) is 10.2 Å². The highest BCUT2D eigenvalue weighted by Gasteiger charge is 2.22. The molecule has 0 saturated heterocycles. The summed E-state index contributed by atoms with van der Waals surface area (Å²) in [5.41, 5.74) is -0.170. The molecule has 0 bridgehead atoms. The average molecular weight is 336 g/mol. The number of carbonyl (C=O) groups excluding carboxylic acids is 1. The normalized spacial score (nSPS) is 12.8. The summed E-state index contributed by atoms with van der Waals surface area (Å²) < 4.78 is 6.73. The predicted molar refractivity (Wildman–Crippen MR) is 93.1 cm³/mol. The lowest BCUT2D eigenvalue weighted by Crippen LogP contribution is -2.31. The molecule has 2 rings (SSSR count). The highest BCUT2D eigenvalue weighted by atomic mass is 32.1. The van der Waals surface area contributed by atoms with Gasteiger partial charge < -0.3 is 4.74 Å². The minimum atomic E-state index is -0.670. The van der Waals surface area contributed by atoms with Crippen molar-refractivity contribution in [3.63, 3.8) is 0 Å². The molecule has 2 aromatic heterocycles. The first kappa shape index (κ1) is 17.7. The first-order valence-electron chi connectivity index (χ1n) is 8.03. The van der Waals surface area contributed by atoms with E-state index in [4.69, 9.17) is 4.74 Å². The van der Waals surface area contributed by atoms with Crippen molar-refractivity contribution in [2.24, 2.45) is 5.92 Å². The zero-order valence-electron chi connectivity index (χ0n) is 14.4. The topological polar surface area (TPSA) is 61.2 Å². The molecule has 6 heteroatoms. The summed E-state index contributed by atoms with van der Waals surface area (Å²) in [6, 6.07) is 1.21. The van der Waals surface area contributed by atoms with Gasteiger partial charge in [-0.2, -0.15) is 0 Å². The van der Waals surface area contributed by atoms with Crippen molar-refractivity contribution in [2.75, 3.05) is 6.61 Å². The molecule has 0 aliphatic carbocycles. The molecule has 23 heavy (non-hydrogen) atoms. The number of rotatable bonds is 6. The summed E-state index contributed by atoms with van der Waals surface area (Å²) in [7, 11) is 0. The fraction of sp³-hybridized carbons (Fsp3) is 0.588. The summed E-state index contributed by atoms with van der Waals surface area (Å²) in [4.78, 5) is 31.3. The Morgan fingerprint density at radius 1 is 1.39 bits per heavy atom. The summed E-state index contributed by atoms with van der Waals surface area (Å²) in [6.07, 6.45) is 1.68. The lowest BCUT2D eigenvalue weighted by molar-refractivity contribution is -0.147. The van der Waals surface area contributed by atoms with Crippen LogP contribution in [0.15, 0.2) is 10.9 Å². The number of thiophene rings is 1. The van der Waals surface area contributed by atoms with E-state index in [0.717, 1.165) is 22.5 Å². The monoisotopic (exact) mass is 336 g/mol. The van der Waals surface area contributed by atoms with Gasteiger partial charge in [-0.1, -0.05) is 20.8 Å². The van der Waals surface area contributed by atoms with E-state index in [-0.39, 0.29) is 11.5 Å². The zero-order valence-corrected chi connectivity index (χ0v) is 15.2. The van der Waals surface area contributed by atoms with Crippen molar-refractivity contribution >= 4 is 27.5 Å². The van der Waals surface area contributed by atoms with Gasteiger partial charge in [-0.05, 0) is 38.7 Å². The van der Waals surface area contributed by atoms with Crippen LogP contribution in [-0.4, -0.2) is 22.1 Å². The van der Waals surface area contributed by atoms with Crippen LogP contribution in [-0.2, 0) is 16.0 Å². The molecule has 0 N–H and O–H groups in total. The molecule has 5 nitrogen and oxygen atoms in total. The largest absolute Gasteiger partial charge is 0.464 e. The molecule has 2 heterocycles. The number of aryl methyl sites for hydroxylation is 2. The maximum absolute atomic E-state index is 12.7. The molecule has 0 aliphatic heterocycles. The van der Waals surface area contributed by atoms with E-state index >= 15 is 0 Å². The number of ether oxygens (including phenoxy) is 1. The van der Waals surface area contributed by atoms with Gasteiger partial charge in [0.25, 0.3) is 5.56 Å². The van der Waals surface area contributed by atoms with Gasteiger partial charge in [-0.3, -0.25) is 9.36 Å². The van der Waals surface area contributed by atoms with Crippen molar-refractivity contribution in [1.82, 2.24) is 9.55 Å². The van der Waals surface area contributed by atoms with E-state index in [1.54, 1.807) is 13.8 Å². The van der Waals surface area contributed by atoms with Crippen LogP contribution < -0.4 is 5.56 Å². The van der Waals surface area contributed by atoms with Crippen molar-refractivity contribution in [1.29, 1.82) is 0 Å². The van der Waals surface area contributed by atoms with E-state index in [0.29, 0.717) is 23.7 Å². The third-order valence-electron chi connectivity index (χ3n) is 3.84. The van der Waals surface area contributed by atoms with Gasteiger partial charge in [0, 0.05) is 4.88 Å². The molecule has 0 aromatic carbocycles. The first-order valence-corrected chi connectivity index (χ1v) is 8.85. The van der Waals surface area contributed by atoms with Crippen LogP contribution in [0.4, 0.5) is 0 Å². The quantitative estimate of drug-likeness (QED) is 0.758. The molecule has 1 unspecified atom stereocenters. The number of carbonyl (C=O) groups is 1. The highest BCUT2D eigenvalue weighted by Crippen LogP contribution is 2.23. The number of hydrogen-bond donors (Lipinski definition) is 0. The summed E-state index contributed by atoms with van der Waals surface area (Å²) in [6.45, 7) is 10.0. The SMILES string of the molecule is CCc1cc2c(=O)n(C(C)C(=O)OCCC(C)C)c(C)nc2s1. The van der Waals surface area contributed by atoms with Crippen molar-refractivity contribution in [2.45, 2.75) is 53.5 Å². The van der Waals surface area contributed by atoms with E-state index < -0.39 is 6.04 Å². The summed E-state index contributed by atoms with van der Waals surface area (Å²) in [5.74, 6) is 0.627. The molecule has 0 radical (unpaired) electrons. The predicted octanol–water partition coefficient (Wildman–Crippen LogP) is 3.48. The Morgan fingerprint density at radius 2 is 2.09 bits per heavy atom. The molecular formula is C17H24N2O3S. The van der Waals surface area contributed by atoms with Crippen LogP contribution in [0.1, 0.15) is 50.9 Å². The Labute approximate surface area is 140 Å². The maximum Gasteiger partial charge on any atom is 0.329 e. The van der Waals surface area contributed by atoms with Crippen LogP contribution in [0, 0.1) is 12.8 Å². The number of nitrogens with zero attached hydrogens (tertiary/aromatic N) is 2. The molecular weight excluding hydrogens is 312 g/mol. The fourth-order valence-electron chi connectivity index (χ4n) is 2.40. The van der Waals surface area contributed by atoms with Gasteiger partial charge in [0.05, 0.1) is 12.0 Å². The van der Waals surface area contributed by atoms with Gasteiger partial charge in [0.1, 0.15) is 16.7 Å². The van der Waals surface area contributed by atoms with E-state index in [1.165, 1.54) is 15.9 Å². The van der Waals surface area contributed by atoms with Gasteiger partial charge in [-0.15, -0.1) is 11.3 Å². The smallest absolute Gasteiger partial charge is 0.329 e. The molecule has 0 aliphatic rings. The Balaban J connectivity index is 2.31. The molecule has 1 atom stereocenters. The number of aromatic nitrogens is 2. The number of esters is 1. The van der Waals surface area contributed by atoms with E-state index in [1.807, 2.05) is 13.0 Å². The van der Waals surface area contributed by atoms with Crippen molar-refractivity contribution in [3.05, 3.63) is 27.1 Å². The number of hydrogen-bond acceptors (Lipinski definition) is 5. The Kier molecular flexibility index (Phi) is 5.57. The van der Waals surface area contributed by atoms with Gasteiger partial charge in [0.2, 0.25) is 0 Å².